The summed E-state index contributed by atoms with van der Waals surface area (Å²) in [5.41, 5.74) is 1.94. The van der Waals surface area contributed by atoms with Crippen LogP contribution in [0.1, 0.15) is 25.7 Å². The van der Waals surface area contributed by atoms with Crippen LogP contribution in [0.5, 0.6) is 17.2 Å². The number of ether oxygens (including phenoxy) is 3. The van der Waals surface area contributed by atoms with Crippen LogP contribution in [0.4, 0.5) is 0 Å². The van der Waals surface area contributed by atoms with Crippen molar-refractivity contribution in [1.82, 2.24) is 9.29 Å². The molecule has 2 aliphatic rings. The van der Waals surface area contributed by atoms with Crippen molar-refractivity contribution < 1.29 is 22.6 Å². The molecule has 174 valence electrons. The van der Waals surface area contributed by atoms with Crippen LogP contribution in [0, 0.1) is 0 Å². The second-order valence-corrected chi connectivity index (χ2v) is 10.8. The van der Waals surface area contributed by atoms with Crippen molar-refractivity contribution in [3.8, 4) is 28.4 Å². The molecule has 0 radical (unpaired) electrons. The monoisotopic (exact) mass is 468 g/mol. The zero-order valence-corrected chi connectivity index (χ0v) is 19.7. The van der Waals surface area contributed by atoms with Crippen molar-refractivity contribution in [2.24, 2.45) is 0 Å². The van der Waals surface area contributed by atoms with E-state index < -0.39 is 10.0 Å². The highest BCUT2D eigenvalue weighted by Crippen LogP contribution is 2.37. The molecule has 1 aliphatic carbocycles. The zero-order valence-electron chi connectivity index (χ0n) is 18.9. The van der Waals surface area contributed by atoms with Crippen LogP contribution in [-0.2, 0) is 10.0 Å². The second kappa shape index (κ2) is 8.83. The van der Waals surface area contributed by atoms with Crippen LogP contribution in [0.3, 0.4) is 0 Å². The van der Waals surface area contributed by atoms with Crippen molar-refractivity contribution in [2.75, 3.05) is 27.3 Å². The third kappa shape index (κ3) is 4.50. The van der Waals surface area contributed by atoms with Gasteiger partial charge in [0.05, 0.1) is 19.5 Å². The molecule has 5 rings (SSSR count). The maximum atomic E-state index is 12.6. The van der Waals surface area contributed by atoms with Gasteiger partial charge < -0.3 is 14.2 Å². The fourth-order valence-electron chi connectivity index (χ4n) is 4.36. The summed E-state index contributed by atoms with van der Waals surface area (Å²) in [4.78, 5) is 4.29. The molecule has 7 nitrogen and oxygen atoms in total. The average molecular weight is 469 g/mol. The molecule has 0 bridgehead atoms. The van der Waals surface area contributed by atoms with Crippen LogP contribution in [0.25, 0.3) is 21.9 Å². The smallest absolute Gasteiger partial charge is 0.216 e. The van der Waals surface area contributed by atoms with E-state index in [-0.39, 0.29) is 11.4 Å². The van der Waals surface area contributed by atoms with E-state index in [1.807, 2.05) is 36.5 Å². The van der Waals surface area contributed by atoms with Crippen LogP contribution < -0.4 is 14.2 Å². The lowest BCUT2D eigenvalue weighted by Gasteiger charge is -2.31. The Morgan fingerprint density at radius 1 is 0.909 bits per heavy atom. The van der Waals surface area contributed by atoms with Gasteiger partial charge >= 0.3 is 0 Å². The first-order chi connectivity index (χ1) is 16.0. The molecule has 33 heavy (non-hydrogen) atoms. The molecule has 0 amide bonds. The summed E-state index contributed by atoms with van der Waals surface area (Å²) in [6.07, 6.45) is 6.46. The van der Waals surface area contributed by atoms with E-state index in [9.17, 15) is 8.42 Å². The van der Waals surface area contributed by atoms with Gasteiger partial charge in [-0.3, -0.25) is 4.98 Å². The molecular weight excluding hydrogens is 440 g/mol. The van der Waals surface area contributed by atoms with Gasteiger partial charge in [-0.2, -0.15) is 0 Å². The Labute approximate surface area is 194 Å². The molecule has 1 aromatic heterocycles. The predicted molar refractivity (Wildman–Crippen MR) is 127 cm³/mol. The molecule has 2 aromatic carbocycles. The minimum atomic E-state index is -3.13. The quantitative estimate of drug-likeness (QED) is 0.516. The molecule has 1 saturated carbocycles. The van der Waals surface area contributed by atoms with Gasteiger partial charge in [-0.05, 0) is 72.5 Å². The third-order valence-corrected chi connectivity index (χ3v) is 8.80. The number of sulfonamides is 1. The number of hydrogen-bond acceptors (Lipinski definition) is 6. The number of methoxy groups -OCH3 is 2. The largest absolute Gasteiger partial charge is 0.497 e. The molecule has 2 heterocycles. The number of nitrogens with zero attached hydrogens (tertiary/aromatic N) is 2. The molecule has 2 fully saturated rings. The SMILES string of the molecule is COc1cc(OC)cc(-c2cc(OC3CCN(S(=O)(=O)C4CC4)CC3)c3cnccc3c2)c1. The van der Waals surface area contributed by atoms with Gasteiger partial charge in [0.25, 0.3) is 0 Å². The lowest BCUT2D eigenvalue weighted by atomic mass is 10.0. The van der Waals surface area contributed by atoms with Crippen molar-refractivity contribution in [2.45, 2.75) is 37.0 Å². The van der Waals surface area contributed by atoms with Gasteiger partial charge in [-0.25, -0.2) is 12.7 Å². The van der Waals surface area contributed by atoms with Crippen LogP contribution in [0.15, 0.2) is 48.8 Å². The first-order valence-corrected chi connectivity index (χ1v) is 12.7. The van der Waals surface area contributed by atoms with Crippen molar-refractivity contribution >= 4 is 20.8 Å². The van der Waals surface area contributed by atoms with E-state index in [0.29, 0.717) is 37.4 Å². The van der Waals surface area contributed by atoms with Crippen LogP contribution in [-0.4, -0.2) is 56.4 Å². The van der Waals surface area contributed by atoms with E-state index >= 15 is 0 Å². The number of hydrogen-bond donors (Lipinski definition) is 0. The lowest BCUT2D eigenvalue weighted by Crippen LogP contribution is -2.43. The van der Waals surface area contributed by atoms with Crippen LogP contribution >= 0.6 is 0 Å². The minimum Gasteiger partial charge on any atom is -0.497 e. The maximum absolute atomic E-state index is 12.6. The Morgan fingerprint density at radius 3 is 2.21 bits per heavy atom. The Bertz CT molecular complexity index is 1240. The van der Waals surface area contributed by atoms with Gasteiger partial charge in [0.15, 0.2) is 0 Å². The van der Waals surface area contributed by atoms with Crippen molar-refractivity contribution in [3.63, 3.8) is 0 Å². The second-order valence-electron chi connectivity index (χ2n) is 8.63. The summed E-state index contributed by atoms with van der Waals surface area (Å²) in [5.74, 6) is 2.18. The molecule has 3 aromatic rings. The standard InChI is InChI=1S/C25H28N2O5S/c1-30-21-12-19(13-22(15-21)31-2)18-11-17-5-8-26-16-24(17)25(14-18)32-20-6-9-27(10-7-20)33(28,29)23-3-4-23/h5,8,11-16,20,23H,3-4,6-7,9-10H2,1-2H3. The topological polar surface area (TPSA) is 78.0 Å². The minimum absolute atomic E-state index is 0.0471. The van der Waals surface area contributed by atoms with Gasteiger partial charge in [-0.15, -0.1) is 0 Å². The highest BCUT2D eigenvalue weighted by Gasteiger charge is 2.41. The Kier molecular flexibility index (Phi) is 5.88. The van der Waals surface area contributed by atoms with Gasteiger partial charge in [0, 0.05) is 36.9 Å². The fourth-order valence-corrected chi connectivity index (χ4v) is 6.24. The van der Waals surface area contributed by atoms with E-state index in [2.05, 4.69) is 11.1 Å². The lowest BCUT2D eigenvalue weighted by molar-refractivity contribution is 0.137. The number of fused-ring (bicyclic) bond motifs is 1. The average Bonchev–Trinajstić information content (AvgIpc) is 3.70. The molecule has 8 heteroatoms. The number of pyridine rings is 1. The molecule has 1 aliphatic heterocycles. The predicted octanol–water partition coefficient (Wildman–Crippen LogP) is 4.25. The van der Waals surface area contributed by atoms with Gasteiger partial charge in [0.1, 0.15) is 23.4 Å². The van der Waals surface area contributed by atoms with Crippen molar-refractivity contribution in [3.05, 3.63) is 48.8 Å². The molecular formula is C25H28N2O5S. The molecule has 1 saturated heterocycles. The fraction of sp³-hybridized carbons (Fsp3) is 0.400. The van der Waals surface area contributed by atoms with Crippen LogP contribution in [0.2, 0.25) is 0 Å². The zero-order chi connectivity index (χ0) is 23.0. The highest BCUT2D eigenvalue weighted by atomic mass is 32.2. The van der Waals surface area contributed by atoms with Gasteiger partial charge in [-0.1, -0.05) is 0 Å². The van der Waals surface area contributed by atoms with Gasteiger partial charge in [0.2, 0.25) is 10.0 Å². The first-order valence-electron chi connectivity index (χ1n) is 11.2. The summed E-state index contributed by atoms with van der Waals surface area (Å²) >= 11 is 0. The molecule has 0 unspecified atom stereocenters. The number of aromatic nitrogens is 1. The summed E-state index contributed by atoms with van der Waals surface area (Å²) in [6, 6.07) is 11.9. The normalized spacial score (nSPS) is 17.8. The Hall–Kier alpha value is -2.84. The van der Waals surface area contributed by atoms with E-state index in [1.54, 1.807) is 24.7 Å². The van der Waals surface area contributed by atoms with E-state index in [4.69, 9.17) is 14.2 Å². The third-order valence-electron chi connectivity index (χ3n) is 6.40. The number of rotatable bonds is 7. The molecule has 0 N–H and O–H groups in total. The van der Waals surface area contributed by atoms with Crippen molar-refractivity contribution in [1.29, 1.82) is 0 Å². The van der Waals surface area contributed by atoms with E-state index in [1.165, 1.54) is 0 Å². The number of piperidine rings is 1. The van der Waals surface area contributed by atoms with E-state index in [0.717, 1.165) is 40.5 Å². The number of benzene rings is 2. The maximum Gasteiger partial charge on any atom is 0.216 e. The highest BCUT2D eigenvalue weighted by molar-refractivity contribution is 7.90. The first kappa shape index (κ1) is 22.0. The molecule has 0 spiro atoms. The summed E-state index contributed by atoms with van der Waals surface area (Å²) in [5, 5.41) is 1.79. The molecule has 0 atom stereocenters. The Balaban J connectivity index is 1.43. The summed E-state index contributed by atoms with van der Waals surface area (Å²) < 4.78 is 44.1. The summed E-state index contributed by atoms with van der Waals surface area (Å²) in [7, 11) is 0.136. The summed E-state index contributed by atoms with van der Waals surface area (Å²) in [6.45, 7) is 1.01. The Morgan fingerprint density at radius 2 is 1.58 bits per heavy atom.